The predicted octanol–water partition coefficient (Wildman–Crippen LogP) is 6.85. The Labute approximate surface area is 204 Å². The van der Waals surface area contributed by atoms with Gasteiger partial charge in [-0.15, -0.1) is 0 Å². The van der Waals surface area contributed by atoms with Crippen molar-refractivity contribution in [3.05, 3.63) is 70.8 Å². The summed E-state index contributed by atoms with van der Waals surface area (Å²) in [6, 6.07) is 15.3. The van der Waals surface area contributed by atoms with E-state index in [0.717, 1.165) is 25.7 Å². The molecule has 2 atom stereocenters. The maximum Gasteiger partial charge on any atom is 0.338 e. The molecule has 0 spiro atoms. The molecular formula is C30H38O4. The molecule has 0 amide bonds. The molecule has 4 nitrogen and oxygen atoms in total. The molecule has 182 valence electrons. The normalized spacial score (nSPS) is 24.5. The lowest BCUT2D eigenvalue weighted by molar-refractivity contribution is -0.121. The fraction of sp³-hybridized carbons (Fsp3) is 0.533. The standard InChI is InChI=1S/C30H38O4/c1-29(2,3)23-15-11-21(12-16-23)27(31)33-25-19-7-9-20(10-8-19)26(25)34-28(32)22-13-17-24(18-14-22)30(4,5)6/h11-20,25-26H,7-10H2,1-6H3. The van der Waals surface area contributed by atoms with E-state index >= 15 is 0 Å². The van der Waals surface area contributed by atoms with Gasteiger partial charge in [0.2, 0.25) is 0 Å². The number of esters is 2. The molecule has 2 aromatic rings. The number of benzene rings is 2. The molecule has 0 heterocycles. The van der Waals surface area contributed by atoms with Crippen LogP contribution in [0.1, 0.15) is 99.1 Å². The summed E-state index contributed by atoms with van der Waals surface area (Å²) >= 11 is 0. The molecule has 0 saturated heterocycles. The van der Waals surface area contributed by atoms with Gasteiger partial charge in [-0.1, -0.05) is 65.8 Å². The second-order valence-corrected chi connectivity index (χ2v) is 12.1. The van der Waals surface area contributed by atoms with Crippen LogP contribution >= 0.6 is 0 Å². The Balaban J connectivity index is 1.48. The van der Waals surface area contributed by atoms with Crippen molar-refractivity contribution in [3.8, 4) is 0 Å². The second kappa shape index (κ2) is 9.20. The molecule has 0 N–H and O–H groups in total. The molecule has 2 aromatic carbocycles. The van der Waals surface area contributed by atoms with Gasteiger partial charge in [0, 0.05) is 0 Å². The minimum Gasteiger partial charge on any atom is -0.455 e. The monoisotopic (exact) mass is 462 g/mol. The molecule has 5 rings (SSSR count). The van der Waals surface area contributed by atoms with Gasteiger partial charge < -0.3 is 9.47 Å². The van der Waals surface area contributed by atoms with E-state index in [-0.39, 0.29) is 46.8 Å². The van der Waals surface area contributed by atoms with Crippen molar-refractivity contribution >= 4 is 11.9 Å². The van der Waals surface area contributed by atoms with Crippen LogP contribution in [0.5, 0.6) is 0 Å². The highest BCUT2D eigenvalue weighted by atomic mass is 16.6. The number of rotatable bonds is 4. The highest BCUT2D eigenvalue weighted by Gasteiger charge is 2.48. The van der Waals surface area contributed by atoms with Crippen molar-refractivity contribution in [2.75, 3.05) is 0 Å². The number of carbonyl (C=O) groups excluding carboxylic acids is 2. The topological polar surface area (TPSA) is 52.6 Å². The molecule has 3 fully saturated rings. The third kappa shape index (κ3) is 5.21. The van der Waals surface area contributed by atoms with E-state index in [1.807, 2.05) is 48.5 Å². The number of carbonyl (C=O) groups is 2. The minimum atomic E-state index is -0.389. The van der Waals surface area contributed by atoms with E-state index in [4.69, 9.17) is 9.47 Å². The number of ether oxygens (including phenoxy) is 2. The molecule has 4 heteroatoms. The van der Waals surface area contributed by atoms with Crippen LogP contribution in [0.15, 0.2) is 48.5 Å². The van der Waals surface area contributed by atoms with Crippen molar-refractivity contribution in [1.82, 2.24) is 0 Å². The zero-order chi connectivity index (χ0) is 24.7. The Hall–Kier alpha value is -2.62. The van der Waals surface area contributed by atoms with Crippen LogP contribution in [-0.2, 0) is 20.3 Å². The Morgan fingerprint density at radius 2 is 0.882 bits per heavy atom. The third-order valence-electron chi connectivity index (χ3n) is 7.53. The van der Waals surface area contributed by atoms with Crippen LogP contribution in [-0.4, -0.2) is 24.1 Å². The first kappa shape index (κ1) is 24.5. The Morgan fingerprint density at radius 3 is 1.15 bits per heavy atom. The summed E-state index contributed by atoms with van der Waals surface area (Å²) < 4.78 is 12.1. The highest BCUT2D eigenvalue weighted by molar-refractivity contribution is 5.90. The van der Waals surface area contributed by atoms with Gasteiger partial charge in [0.05, 0.1) is 11.1 Å². The molecular weight excluding hydrogens is 424 g/mol. The fourth-order valence-electron chi connectivity index (χ4n) is 5.26. The lowest BCUT2D eigenvalue weighted by Gasteiger charge is -2.46. The van der Waals surface area contributed by atoms with Crippen molar-refractivity contribution in [3.63, 3.8) is 0 Å². The van der Waals surface area contributed by atoms with Crippen molar-refractivity contribution in [2.45, 2.75) is 90.3 Å². The average Bonchev–Trinajstić information content (AvgIpc) is 2.80. The molecule has 0 aliphatic heterocycles. The molecule has 3 saturated carbocycles. The zero-order valence-corrected chi connectivity index (χ0v) is 21.4. The van der Waals surface area contributed by atoms with Crippen molar-refractivity contribution < 1.29 is 19.1 Å². The molecule has 2 bridgehead atoms. The quantitative estimate of drug-likeness (QED) is 0.466. The van der Waals surface area contributed by atoms with Crippen LogP contribution in [0.2, 0.25) is 0 Å². The van der Waals surface area contributed by atoms with Crippen LogP contribution < -0.4 is 0 Å². The van der Waals surface area contributed by atoms with Crippen LogP contribution in [0.3, 0.4) is 0 Å². The summed E-state index contributed by atoms with van der Waals surface area (Å²) in [5.41, 5.74) is 3.47. The number of hydrogen-bond donors (Lipinski definition) is 0. The fourth-order valence-corrected chi connectivity index (χ4v) is 5.26. The smallest absolute Gasteiger partial charge is 0.338 e. The van der Waals surface area contributed by atoms with Gasteiger partial charge in [-0.3, -0.25) is 0 Å². The molecule has 3 aliphatic carbocycles. The summed E-state index contributed by atoms with van der Waals surface area (Å²) in [5.74, 6) is -0.199. The molecule has 3 aliphatic rings. The maximum atomic E-state index is 13.0. The Morgan fingerprint density at radius 1 is 0.588 bits per heavy atom. The Bertz CT molecular complexity index is 928. The van der Waals surface area contributed by atoms with Crippen LogP contribution in [0.4, 0.5) is 0 Å². The molecule has 0 radical (unpaired) electrons. The first-order valence-electron chi connectivity index (χ1n) is 12.6. The number of hydrogen-bond acceptors (Lipinski definition) is 4. The zero-order valence-electron chi connectivity index (χ0n) is 21.4. The van der Waals surface area contributed by atoms with E-state index in [0.29, 0.717) is 11.1 Å². The highest BCUT2D eigenvalue weighted by Crippen LogP contribution is 2.45. The van der Waals surface area contributed by atoms with Crippen LogP contribution in [0.25, 0.3) is 0 Å². The van der Waals surface area contributed by atoms with Gasteiger partial charge in [-0.2, -0.15) is 0 Å². The Kier molecular flexibility index (Phi) is 6.63. The van der Waals surface area contributed by atoms with Gasteiger partial charge in [-0.25, -0.2) is 9.59 Å². The summed E-state index contributed by atoms with van der Waals surface area (Å²) in [6.45, 7) is 12.9. The summed E-state index contributed by atoms with van der Waals surface area (Å²) in [5, 5.41) is 0. The summed E-state index contributed by atoms with van der Waals surface area (Å²) in [6.07, 6.45) is 3.28. The van der Waals surface area contributed by atoms with E-state index in [1.165, 1.54) is 11.1 Å². The second-order valence-electron chi connectivity index (χ2n) is 12.1. The lowest BCUT2D eigenvalue weighted by atomic mass is 9.67. The van der Waals surface area contributed by atoms with Crippen LogP contribution in [0, 0.1) is 11.8 Å². The largest absolute Gasteiger partial charge is 0.455 e. The first-order valence-corrected chi connectivity index (χ1v) is 12.6. The summed E-state index contributed by atoms with van der Waals surface area (Å²) in [7, 11) is 0. The number of fused-ring (bicyclic) bond motifs is 3. The van der Waals surface area contributed by atoms with E-state index in [1.54, 1.807) is 0 Å². The van der Waals surface area contributed by atoms with Crippen molar-refractivity contribution in [2.24, 2.45) is 11.8 Å². The summed E-state index contributed by atoms with van der Waals surface area (Å²) in [4.78, 5) is 26.0. The van der Waals surface area contributed by atoms with Gasteiger partial charge in [-0.05, 0) is 83.7 Å². The van der Waals surface area contributed by atoms with Gasteiger partial charge in [0.15, 0.2) is 0 Å². The van der Waals surface area contributed by atoms with Gasteiger partial charge >= 0.3 is 11.9 Å². The minimum absolute atomic E-state index is 0.0232. The SMILES string of the molecule is CC(C)(C)c1ccc(C(=O)OC2C3CCC(CC3)C2OC(=O)c2ccc(C(C)(C)C)cc2)cc1. The van der Waals surface area contributed by atoms with E-state index in [9.17, 15) is 9.59 Å². The first-order chi connectivity index (χ1) is 15.9. The van der Waals surface area contributed by atoms with Crippen molar-refractivity contribution in [1.29, 1.82) is 0 Å². The van der Waals surface area contributed by atoms with Gasteiger partial charge in [0.1, 0.15) is 12.2 Å². The molecule has 2 unspecified atom stereocenters. The molecule has 34 heavy (non-hydrogen) atoms. The van der Waals surface area contributed by atoms with E-state index in [2.05, 4.69) is 41.5 Å². The maximum absolute atomic E-state index is 13.0. The molecule has 0 aromatic heterocycles. The average molecular weight is 463 g/mol. The predicted molar refractivity (Wildman–Crippen MR) is 134 cm³/mol. The third-order valence-corrected chi connectivity index (χ3v) is 7.53. The lowest BCUT2D eigenvalue weighted by Crippen LogP contribution is -2.52. The van der Waals surface area contributed by atoms with Gasteiger partial charge in [0.25, 0.3) is 0 Å². The van der Waals surface area contributed by atoms with E-state index < -0.39 is 0 Å².